The van der Waals surface area contributed by atoms with E-state index < -0.39 is 27.6 Å². The van der Waals surface area contributed by atoms with Gasteiger partial charge in [-0.25, -0.2) is 4.39 Å². The van der Waals surface area contributed by atoms with Gasteiger partial charge in [0.1, 0.15) is 11.5 Å². The van der Waals surface area contributed by atoms with Gasteiger partial charge in [-0.1, -0.05) is 12.1 Å². The van der Waals surface area contributed by atoms with Crippen LogP contribution in [-0.2, 0) is 10.2 Å². The Morgan fingerprint density at radius 3 is 2.73 bits per heavy atom. The van der Waals surface area contributed by atoms with Crippen molar-refractivity contribution in [1.29, 1.82) is 0 Å². The Kier molecular flexibility index (Phi) is 2.22. The summed E-state index contributed by atoms with van der Waals surface area (Å²) in [7, 11) is -4.77. The molecule has 0 spiro atoms. The maximum atomic E-state index is 13.1. The van der Waals surface area contributed by atoms with Gasteiger partial charge in [0.15, 0.2) is 11.6 Å². The molecule has 0 saturated heterocycles. The molecule has 0 aliphatic carbocycles. The number of hydrogen-bond acceptors (Lipinski definition) is 3. The van der Waals surface area contributed by atoms with Gasteiger partial charge < -0.3 is 4.74 Å². The van der Waals surface area contributed by atoms with Crippen molar-refractivity contribution >= 4 is 16.3 Å². The fraction of sp³-hybridized carbons (Fsp3) is 0.111. The summed E-state index contributed by atoms with van der Waals surface area (Å²) in [5.74, 6) is -0.649. The Morgan fingerprint density at radius 1 is 1.33 bits per heavy atom. The minimum atomic E-state index is -4.77. The van der Waals surface area contributed by atoms with Gasteiger partial charge in [0.05, 0.1) is 0 Å². The van der Waals surface area contributed by atoms with Gasteiger partial charge in [-0.15, -0.1) is 3.89 Å². The molecule has 2 rings (SSSR count). The summed E-state index contributed by atoms with van der Waals surface area (Å²) >= 11 is 0. The lowest BCUT2D eigenvalue weighted by atomic mass is 10.1. The maximum Gasteiger partial charge on any atom is 0.331 e. The van der Waals surface area contributed by atoms with E-state index in [-0.39, 0.29) is 11.3 Å². The lowest BCUT2D eigenvalue weighted by Gasteiger charge is -2.15. The second kappa shape index (κ2) is 3.30. The predicted octanol–water partition coefficient (Wildman–Crippen LogP) is 1.86. The van der Waals surface area contributed by atoms with E-state index in [0.717, 1.165) is 6.08 Å². The van der Waals surface area contributed by atoms with Crippen LogP contribution in [0.15, 0.2) is 23.1 Å². The number of benzene rings is 1. The topological polar surface area (TPSA) is 43.4 Å². The molecule has 0 amide bonds. The molecule has 0 atom stereocenters. The average molecular weight is 232 g/mol. The van der Waals surface area contributed by atoms with E-state index in [0.29, 0.717) is 0 Å². The van der Waals surface area contributed by atoms with Crippen molar-refractivity contribution in [3.63, 3.8) is 0 Å². The minimum absolute atomic E-state index is 0.0510. The van der Waals surface area contributed by atoms with Crippen LogP contribution < -0.4 is 4.74 Å². The molecular formula is C9H6F2O3S. The molecule has 1 aromatic rings. The molecule has 80 valence electrons. The number of halogens is 2. The highest BCUT2D eigenvalue weighted by Gasteiger charge is 2.23. The van der Waals surface area contributed by atoms with E-state index in [9.17, 15) is 16.7 Å². The lowest BCUT2D eigenvalue weighted by Crippen LogP contribution is -2.13. The van der Waals surface area contributed by atoms with Gasteiger partial charge in [0.25, 0.3) is 0 Å². The summed E-state index contributed by atoms with van der Waals surface area (Å²) < 4.78 is 51.7. The summed E-state index contributed by atoms with van der Waals surface area (Å²) in [6, 6.07) is 4.02. The van der Waals surface area contributed by atoms with Crippen LogP contribution in [0.3, 0.4) is 0 Å². The lowest BCUT2D eigenvalue weighted by molar-refractivity contribution is 0.332. The zero-order valence-electron chi connectivity index (χ0n) is 7.41. The highest BCUT2D eigenvalue weighted by Crippen LogP contribution is 2.30. The third kappa shape index (κ3) is 1.85. The zero-order valence-corrected chi connectivity index (χ0v) is 8.22. The fourth-order valence-electron chi connectivity index (χ4n) is 1.29. The Morgan fingerprint density at radius 2 is 2.07 bits per heavy atom. The molecule has 6 heteroatoms. The number of fused-ring (bicyclic) bond motifs is 1. The van der Waals surface area contributed by atoms with Gasteiger partial charge >= 0.3 is 10.2 Å². The normalized spacial score (nSPS) is 15.2. The SMILES string of the molecule is O=S(=O)(F)C1=Cc2cccc(F)c2OC1. The van der Waals surface area contributed by atoms with Gasteiger partial charge in [0, 0.05) is 5.56 Å². The van der Waals surface area contributed by atoms with Crippen LogP contribution in [0.25, 0.3) is 6.08 Å². The second-order valence-corrected chi connectivity index (χ2v) is 4.40. The first-order valence-electron chi connectivity index (χ1n) is 4.05. The van der Waals surface area contributed by atoms with Gasteiger partial charge in [0.2, 0.25) is 0 Å². The van der Waals surface area contributed by atoms with Crippen molar-refractivity contribution in [2.24, 2.45) is 0 Å². The smallest absolute Gasteiger partial charge is 0.331 e. The monoisotopic (exact) mass is 232 g/mol. The molecule has 1 aliphatic heterocycles. The first-order chi connectivity index (χ1) is 6.98. The molecule has 15 heavy (non-hydrogen) atoms. The molecular weight excluding hydrogens is 226 g/mol. The quantitative estimate of drug-likeness (QED) is 0.694. The Hall–Kier alpha value is -1.43. The molecule has 0 radical (unpaired) electrons. The number of rotatable bonds is 1. The Labute approximate surface area is 85.2 Å². The standard InChI is InChI=1S/C9H6F2O3S/c10-8-3-1-2-6-4-7(15(11,12)13)5-14-9(6)8/h1-4H,5H2. The first kappa shape index (κ1) is 10.1. The van der Waals surface area contributed by atoms with Crippen molar-refractivity contribution in [1.82, 2.24) is 0 Å². The molecule has 0 saturated carbocycles. The van der Waals surface area contributed by atoms with E-state index >= 15 is 0 Å². The van der Waals surface area contributed by atoms with Crippen LogP contribution in [-0.4, -0.2) is 15.0 Å². The molecule has 0 N–H and O–H groups in total. The Bertz CT molecular complexity index is 534. The summed E-state index contributed by atoms with van der Waals surface area (Å²) in [6.07, 6.45) is 1.07. The van der Waals surface area contributed by atoms with Gasteiger partial charge in [-0.2, -0.15) is 8.42 Å². The highest BCUT2D eigenvalue weighted by atomic mass is 32.3. The van der Waals surface area contributed by atoms with Crippen molar-refractivity contribution in [2.75, 3.05) is 6.61 Å². The summed E-state index contributed by atoms with van der Waals surface area (Å²) in [5, 5.41) is 0. The number of para-hydroxylation sites is 1. The van der Waals surface area contributed by atoms with Gasteiger partial charge in [-0.05, 0) is 12.1 Å². The molecule has 1 aromatic carbocycles. The molecule has 0 fully saturated rings. The number of ether oxygens (including phenoxy) is 1. The van der Waals surface area contributed by atoms with E-state index in [4.69, 9.17) is 4.74 Å². The highest BCUT2D eigenvalue weighted by molar-refractivity contribution is 7.90. The largest absolute Gasteiger partial charge is 0.484 e. The molecule has 0 bridgehead atoms. The van der Waals surface area contributed by atoms with Crippen LogP contribution in [0.4, 0.5) is 8.28 Å². The van der Waals surface area contributed by atoms with Crippen LogP contribution in [0.1, 0.15) is 5.56 Å². The molecule has 0 aromatic heterocycles. The van der Waals surface area contributed by atoms with E-state index in [1.54, 1.807) is 0 Å². The van der Waals surface area contributed by atoms with Crippen molar-refractivity contribution < 1.29 is 21.4 Å². The Balaban J connectivity index is 2.56. The summed E-state index contributed by atoms with van der Waals surface area (Å²) in [6.45, 7) is -0.479. The molecule has 0 unspecified atom stereocenters. The van der Waals surface area contributed by atoms with Gasteiger partial charge in [-0.3, -0.25) is 0 Å². The fourth-order valence-corrected chi connectivity index (χ4v) is 1.76. The number of hydrogen-bond donors (Lipinski definition) is 0. The van der Waals surface area contributed by atoms with E-state index in [1.807, 2.05) is 0 Å². The summed E-state index contributed by atoms with van der Waals surface area (Å²) in [5.41, 5.74) is 0.220. The van der Waals surface area contributed by atoms with Crippen LogP contribution in [0.2, 0.25) is 0 Å². The first-order valence-corrected chi connectivity index (χ1v) is 5.43. The van der Waals surface area contributed by atoms with Crippen LogP contribution in [0.5, 0.6) is 5.75 Å². The maximum absolute atomic E-state index is 13.1. The van der Waals surface area contributed by atoms with Crippen molar-refractivity contribution in [2.45, 2.75) is 0 Å². The second-order valence-electron chi connectivity index (χ2n) is 3.00. The van der Waals surface area contributed by atoms with E-state index in [2.05, 4.69) is 0 Å². The minimum Gasteiger partial charge on any atom is -0.484 e. The molecule has 1 heterocycles. The molecule has 1 aliphatic rings. The summed E-state index contributed by atoms with van der Waals surface area (Å²) in [4.78, 5) is -0.499. The molecule has 3 nitrogen and oxygen atoms in total. The average Bonchev–Trinajstić information content (AvgIpc) is 2.16. The third-order valence-corrected chi connectivity index (χ3v) is 2.85. The third-order valence-electron chi connectivity index (χ3n) is 1.99. The van der Waals surface area contributed by atoms with Crippen LogP contribution in [0, 0.1) is 5.82 Å². The zero-order chi connectivity index (χ0) is 11.1. The predicted molar refractivity (Wildman–Crippen MR) is 49.9 cm³/mol. The van der Waals surface area contributed by atoms with Crippen LogP contribution >= 0.6 is 0 Å². The van der Waals surface area contributed by atoms with E-state index in [1.165, 1.54) is 18.2 Å². The van der Waals surface area contributed by atoms with Crippen molar-refractivity contribution in [3.8, 4) is 5.75 Å². The van der Waals surface area contributed by atoms with Crippen molar-refractivity contribution in [3.05, 3.63) is 34.5 Å².